The predicted molar refractivity (Wildman–Crippen MR) is 108 cm³/mol. The maximum absolute atomic E-state index is 14.0. The van der Waals surface area contributed by atoms with Gasteiger partial charge in [-0.05, 0) is 43.3 Å². The fourth-order valence-electron chi connectivity index (χ4n) is 3.41. The fourth-order valence-corrected chi connectivity index (χ4v) is 3.41. The molecule has 29 heavy (non-hydrogen) atoms. The molecule has 0 aliphatic carbocycles. The van der Waals surface area contributed by atoms with Crippen LogP contribution in [0.2, 0.25) is 0 Å². The Hall–Kier alpha value is -3.60. The van der Waals surface area contributed by atoms with Crippen molar-refractivity contribution in [1.82, 2.24) is 15.0 Å². The number of nitriles is 1. The lowest BCUT2D eigenvalue weighted by Crippen LogP contribution is -2.47. The molecule has 1 aliphatic heterocycles. The Morgan fingerprint density at radius 3 is 2.34 bits per heavy atom. The van der Waals surface area contributed by atoms with Gasteiger partial charge in [0.15, 0.2) is 5.82 Å². The highest BCUT2D eigenvalue weighted by atomic mass is 19.1. The van der Waals surface area contributed by atoms with Crippen LogP contribution in [-0.4, -0.2) is 47.8 Å². The molecule has 0 unspecified atom stereocenters. The molecule has 0 atom stereocenters. The SMILES string of the molecule is CCOc1ccc(-n2nc(C#N)c(N3CCN(c4ccccc4F)CC3)n2)cc1. The van der Waals surface area contributed by atoms with Crippen LogP contribution < -0.4 is 14.5 Å². The Morgan fingerprint density at radius 2 is 1.69 bits per heavy atom. The molecule has 0 amide bonds. The maximum atomic E-state index is 14.0. The molecule has 7 nitrogen and oxygen atoms in total. The third-order valence-electron chi connectivity index (χ3n) is 4.85. The van der Waals surface area contributed by atoms with E-state index in [-0.39, 0.29) is 11.5 Å². The molecule has 2 heterocycles. The normalized spacial score (nSPS) is 14.0. The molecular weight excluding hydrogens is 371 g/mol. The van der Waals surface area contributed by atoms with E-state index < -0.39 is 0 Å². The summed E-state index contributed by atoms with van der Waals surface area (Å²) < 4.78 is 19.5. The van der Waals surface area contributed by atoms with Crippen molar-refractivity contribution in [3.63, 3.8) is 0 Å². The summed E-state index contributed by atoms with van der Waals surface area (Å²) in [7, 11) is 0. The van der Waals surface area contributed by atoms with Crippen LogP contribution in [-0.2, 0) is 0 Å². The van der Waals surface area contributed by atoms with Crippen molar-refractivity contribution in [3.8, 4) is 17.5 Å². The zero-order valence-electron chi connectivity index (χ0n) is 16.1. The molecule has 148 valence electrons. The molecule has 0 N–H and O–H groups in total. The summed E-state index contributed by atoms with van der Waals surface area (Å²) in [5, 5.41) is 18.4. The average molecular weight is 392 g/mol. The fraction of sp³-hybridized carbons (Fsp3) is 0.286. The van der Waals surface area contributed by atoms with E-state index in [1.807, 2.05) is 47.1 Å². The molecule has 3 aromatic rings. The lowest BCUT2D eigenvalue weighted by atomic mass is 10.2. The van der Waals surface area contributed by atoms with E-state index in [0.717, 1.165) is 11.4 Å². The zero-order valence-corrected chi connectivity index (χ0v) is 16.1. The number of anilines is 2. The van der Waals surface area contributed by atoms with Crippen molar-refractivity contribution in [3.05, 3.63) is 60.0 Å². The summed E-state index contributed by atoms with van der Waals surface area (Å²) >= 11 is 0. The molecule has 1 fully saturated rings. The summed E-state index contributed by atoms with van der Waals surface area (Å²) in [5.41, 5.74) is 1.63. The molecule has 0 spiro atoms. The van der Waals surface area contributed by atoms with Gasteiger partial charge in [0.25, 0.3) is 0 Å². The summed E-state index contributed by atoms with van der Waals surface area (Å²) in [6.45, 7) is 5.07. The third-order valence-corrected chi connectivity index (χ3v) is 4.85. The Kier molecular flexibility index (Phi) is 5.29. The molecule has 4 rings (SSSR count). The summed E-state index contributed by atoms with van der Waals surface area (Å²) in [4.78, 5) is 5.50. The first-order valence-electron chi connectivity index (χ1n) is 9.54. The van der Waals surface area contributed by atoms with Crippen molar-refractivity contribution in [2.45, 2.75) is 6.92 Å². The number of piperazine rings is 1. The first-order valence-corrected chi connectivity index (χ1v) is 9.54. The highest BCUT2D eigenvalue weighted by Gasteiger charge is 2.24. The van der Waals surface area contributed by atoms with Crippen LogP contribution in [0.4, 0.5) is 15.9 Å². The quantitative estimate of drug-likeness (QED) is 0.665. The zero-order chi connectivity index (χ0) is 20.2. The van der Waals surface area contributed by atoms with E-state index in [2.05, 4.69) is 16.3 Å². The molecule has 2 aromatic carbocycles. The van der Waals surface area contributed by atoms with Crippen LogP contribution in [0.25, 0.3) is 5.69 Å². The Labute approximate surface area is 168 Å². The van der Waals surface area contributed by atoms with E-state index in [0.29, 0.717) is 44.3 Å². The van der Waals surface area contributed by atoms with Crippen molar-refractivity contribution in [1.29, 1.82) is 5.26 Å². The minimum Gasteiger partial charge on any atom is -0.494 e. The minimum absolute atomic E-state index is 0.222. The van der Waals surface area contributed by atoms with Gasteiger partial charge in [-0.2, -0.15) is 5.26 Å². The topological polar surface area (TPSA) is 70.2 Å². The monoisotopic (exact) mass is 392 g/mol. The molecule has 8 heteroatoms. The van der Waals surface area contributed by atoms with Gasteiger partial charge in [-0.3, -0.25) is 0 Å². The molecular formula is C21H21FN6O. The number of benzene rings is 2. The van der Waals surface area contributed by atoms with Crippen molar-refractivity contribution in [2.75, 3.05) is 42.6 Å². The van der Waals surface area contributed by atoms with Gasteiger partial charge in [0, 0.05) is 26.2 Å². The van der Waals surface area contributed by atoms with Crippen molar-refractivity contribution < 1.29 is 9.13 Å². The number of nitrogens with zero attached hydrogens (tertiary/aromatic N) is 6. The van der Waals surface area contributed by atoms with Gasteiger partial charge in [-0.1, -0.05) is 12.1 Å². The molecule has 1 saturated heterocycles. The van der Waals surface area contributed by atoms with Gasteiger partial charge in [0.05, 0.1) is 18.0 Å². The summed E-state index contributed by atoms with van der Waals surface area (Å²) in [5.74, 6) is 1.10. The highest BCUT2D eigenvalue weighted by molar-refractivity contribution is 5.54. The minimum atomic E-state index is -0.222. The molecule has 1 aliphatic rings. The number of ether oxygens (including phenoxy) is 1. The second-order valence-electron chi connectivity index (χ2n) is 6.63. The third kappa shape index (κ3) is 3.85. The molecule has 1 aromatic heterocycles. The van der Waals surface area contributed by atoms with E-state index in [1.54, 1.807) is 12.1 Å². The molecule has 0 radical (unpaired) electrons. The second-order valence-corrected chi connectivity index (χ2v) is 6.63. The predicted octanol–water partition coefficient (Wildman–Crippen LogP) is 3.00. The maximum Gasteiger partial charge on any atom is 0.207 e. The second kappa shape index (κ2) is 8.19. The van der Waals surface area contributed by atoms with E-state index >= 15 is 0 Å². The Morgan fingerprint density at radius 1 is 1.00 bits per heavy atom. The Bertz CT molecular complexity index is 1020. The number of halogens is 1. The number of rotatable bonds is 5. The lowest BCUT2D eigenvalue weighted by Gasteiger charge is -2.36. The van der Waals surface area contributed by atoms with Gasteiger partial charge in [-0.25, -0.2) is 4.39 Å². The van der Waals surface area contributed by atoms with Crippen LogP contribution in [0, 0.1) is 17.1 Å². The standard InChI is InChI=1S/C21H21FN6O/c1-2-29-17-9-7-16(8-10-17)28-24-19(15-23)21(25-28)27-13-11-26(12-14-27)20-6-4-3-5-18(20)22/h3-10H,2,11-14H2,1H3. The molecule has 0 bridgehead atoms. The van der Waals surface area contributed by atoms with Crippen LogP contribution in [0.5, 0.6) is 5.75 Å². The number of hydrogen-bond acceptors (Lipinski definition) is 6. The number of hydrogen-bond donors (Lipinski definition) is 0. The van der Waals surface area contributed by atoms with Crippen molar-refractivity contribution >= 4 is 11.5 Å². The van der Waals surface area contributed by atoms with E-state index in [4.69, 9.17) is 4.74 Å². The largest absolute Gasteiger partial charge is 0.494 e. The van der Waals surface area contributed by atoms with Gasteiger partial charge in [0.1, 0.15) is 17.6 Å². The summed E-state index contributed by atoms with van der Waals surface area (Å²) in [6, 6.07) is 16.3. The number of para-hydroxylation sites is 1. The first-order chi connectivity index (χ1) is 14.2. The Balaban J connectivity index is 1.51. The van der Waals surface area contributed by atoms with Crippen molar-refractivity contribution in [2.24, 2.45) is 0 Å². The van der Waals surface area contributed by atoms with Gasteiger partial charge < -0.3 is 14.5 Å². The van der Waals surface area contributed by atoms with Gasteiger partial charge in [-0.15, -0.1) is 15.0 Å². The van der Waals surface area contributed by atoms with Crippen LogP contribution >= 0.6 is 0 Å². The van der Waals surface area contributed by atoms with Gasteiger partial charge in [0.2, 0.25) is 5.69 Å². The lowest BCUT2D eigenvalue weighted by molar-refractivity contribution is 0.340. The average Bonchev–Trinajstić information content (AvgIpc) is 3.19. The summed E-state index contributed by atoms with van der Waals surface area (Å²) in [6.07, 6.45) is 0. The van der Waals surface area contributed by atoms with Crippen LogP contribution in [0.15, 0.2) is 48.5 Å². The van der Waals surface area contributed by atoms with Crippen LogP contribution in [0.3, 0.4) is 0 Å². The molecule has 0 saturated carbocycles. The smallest absolute Gasteiger partial charge is 0.207 e. The van der Waals surface area contributed by atoms with E-state index in [1.165, 1.54) is 10.9 Å². The highest BCUT2D eigenvalue weighted by Crippen LogP contribution is 2.24. The first kappa shape index (κ1) is 18.7. The van der Waals surface area contributed by atoms with Crippen LogP contribution in [0.1, 0.15) is 12.6 Å². The van der Waals surface area contributed by atoms with Gasteiger partial charge >= 0.3 is 0 Å². The number of aromatic nitrogens is 3. The van der Waals surface area contributed by atoms with E-state index in [9.17, 15) is 9.65 Å².